The Morgan fingerprint density at radius 1 is 1.15 bits per heavy atom. The first kappa shape index (κ1) is 23.3. The highest BCUT2D eigenvalue weighted by molar-refractivity contribution is 7.89. The Bertz CT molecular complexity index is 1240. The summed E-state index contributed by atoms with van der Waals surface area (Å²) >= 11 is 0. The molecule has 0 unspecified atom stereocenters. The molecule has 0 spiro atoms. The zero-order valence-corrected chi connectivity index (χ0v) is 19.9. The number of methoxy groups -OCH3 is 1. The summed E-state index contributed by atoms with van der Waals surface area (Å²) in [6.07, 6.45) is 5.19. The highest BCUT2D eigenvalue weighted by Gasteiger charge is 2.21. The van der Waals surface area contributed by atoms with Crippen molar-refractivity contribution in [3.05, 3.63) is 48.3 Å². The van der Waals surface area contributed by atoms with E-state index in [0.29, 0.717) is 17.9 Å². The van der Waals surface area contributed by atoms with Gasteiger partial charge >= 0.3 is 0 Å². The summed E-state index contributed by atoms with van der Waals surface area (Å²) < 4.78 is 34.0. The van der Waals surface area contributed by atoms with Gasteiger partial charge in [-0.15, -0.1) is 0 Å². The molecule has 4 rings (SSSR count). The Balaban J connectivity index is 1.32. The van der Waals surface area contributed by atoms with Gasteiger partial charge in [0.1, 0.15) is 11.6 Å². The lowest BCUT2D eigenvalue weighted by Gasteiger charge is -2.17. The molecule has 0 saturated carbocycles. The molecule has 3 aromatic rings. The minimum Gasteiger partial charge on any atom is -0.497 e. The van der Waals surface area contributed by atoms with Gasteiger partial charge < -0.3 is 14.6 Å². The summed E-state index contributed by atoms with van der Waals surface area (Å²) in [5.41, 5.74) is 2.71. The smallest absolute Gasteiger partial charge is 0.242 e. The summed E-state index contributed by atoms with van der Waals surface area (Å²) in [7, 11) is -0.562. The Morgan fingerprint density at radius 3 is 2.70 bits per heavy atom. The van der Waals surface area contributed by atoms with Crippen LogP contribution in [-0.2, 0) is 27.8 Å². The molecule has 2 heterocycles. The van der Waals surface area contributed by atoms with Crippen molar-refractivity contribution < 1.29 is 17.9 Å². The quantitative estimate of drug-likeness (QED) is 0.540. The van der Waals surface area contributed by atoms with E-state index < -0.39 is 10.0 Å². The normalized spacial score (nSPS) is 14.2. The van der Waals surface area contributed by atoms with Crippen LogP contribution in [0.15, 0.2) is 47.4 Å². The third-order valence-corrected chi connectivity index (χ3v) is 7.91. The molecule has 0 radical (unpaired) electrons. The molecule has 8 nitrogen and oxygen atoms in total. The topological polar surface area (TPSA) is 93.5 Å². The zero-order valence-electron chi connectivity index (χ0n) is 19.1. The lowest BCUT2D eigenvalue weighted by Crippen LogP contribution is -2.28. The van der Waals surface area contributed by atoms with Crippen LogP contribution in [0, 0.1) is 0 Å². The number of ether oxygens (including phenoxy) is 1. The number of hydrogen-bond donors (Lipinski definition) is 1. The van der Waals surface area contributed by atoms with Crippen LogP contribution in [0.4, 0.5) is 5.69 Å². The number of anilines is 1. The molecule has 1 aliphatic heterocycles. The number of nitrogens with one attached hydrogen (secondary N) is 1. The maximum absolute atomic E-state index is 12.7. The Kier molecular flexibility index (Phi) is 6.99. The standard InChI is InChI=1S/C24H30N4O4S/c1-27(33(30,31)20-12-10-19(32-2)11-13-20)15-6-8-24(29)25-18-9-14-22-21(17-18)26-23-7-4-3-5-16-28(22)23/h9-14,17H,3-8,15-16H2,1-2H3,(H,25,29). The second-order valence-electron chi connectivity index (χ2n) is 8.35. The van der Waals surface area contributed by atoms with Gasteiger partial charge in [0.05, 0.1) is 23.0 Å². The molecule has 1 N–H and O–H groups in total. The van der Waals surface area contributed by atoms with Crippen LogP contribution >= 0.6 is 0 Å². The minimum atomic E-state index is -3.61. The average molecular weight is 471 g/mol. The number of amides is 1. The molecule has 2 aromatic carbocycles. The van der Waals surface area contributed by atoms with Crippen molar-refractivity contribution in [3.8, 4) is 5.75 Å². The molecule has 0 saturated heterocycles. The van der Waals surface area contributed by atoms with Gasteiger partial charge in [0, 0.05) is 38.7 Å². The Morgan fingerprint density at radius 2 is 1.94 bits per heavy atom. The van der Waals surface area contributed by atoms with Gasteiger partial charge in [0.2, 0.25) is 15.9 Å². The first-order valence-electron chi connectivity index (χ1n) is 11.3. The molecule has 0 aliphatic carbocycles. The van der Waals surface area contributed by atoms with Crippen LogP contribution in [0.3, 0.4) is 0 Å². The van der Waals surface area contributed by atoms with E-state index in [0.717, 1.165) is 36.2 Å². The molecule has 33 heavy (non-hydrogen) atoms. The van der Waals surface area contributed by atoms with E-state index in [1.54, 1.807) is 12.1 Å². The molecule has 1 aromatic heterocycles. The summed E-state index contributed by atoms with van der Waals surface area (Å²) in [6, 6.07) is 12.1. The van der Waals surface area contributed by atoms with Crippen LogP contribution in [0.5, 0.6) is 5.75 Å². The fourth-order valence-corrected chi connectivity index (χ4v) is 5.37. The van der Waals surface area contributed by atoms with Crippen molar-refractivity contribution in [2.24, 2.45) is 0 Å². The molecule has 0 fully saturated rings. The number of aryl methyl sites for hydroxylation is 2. The second-order valence-corrected chi connectivity index (χ2v) is 10.4. The lowest BCUT2D eigenvalue weighted by molar-refractivity contribution is -0.116. The van der Waals surface area contributed by atoms with Gasteiger partial charge in [-0.2, -0.15) is 0 Å². The first-order valence-corrected chi connectivity index (χ1v) is 12.7. The van der Waals surface area contributed by atoms with E-state index in [1.165, 1.54) is 43.4 Å². The average Bonchev–Trinajstić information content (AvgIpc) is 2.98. The molecular formula is C24H30N4O4S. The maximum Gasteiger partial charge on any atom is 0.242 e. The van der Waals surface area contributed by atoms with Crippen LogP contribution in [0.25, 0.3) is 11.0 Å². The number of fused-ring (bicyclic) bond motifs is 3. The third-order valence-electron chi connectivity index (χ3n) is 6.04. The number of imidazole rings is 1. The van der Waals surface area contributed by atoms with Gasteiger partial charge in [-0.05, 0) is 61.7 Å². The van der Waals surface area contributed by atoms with Crippen LogP contribution in [0.2, 0.25) is 0 Å². The minimum absolute atomic E-state index is 0.148. The highest BCUT2D eigenvalue weighted by atomic mass is 32.2. The third kappa shape index (κ3) is 5.20. The molecule has 9 heteroatoms. The maximum atomic E-state index is 12.7. The van der Waals surface area contributed by atoms with E-state index in [4.69, 9.17) is 9.72 Å². The molecule has 176 valence electrons. The predicted molar refractivity (Wildman–Crippen MR) is 128 cm³/mol. The number of carbonyl (C=O) groups is 1. The molecule has 1 amide bonds. The SMILES string of the molecule is COc1ccc(S(=O)(=O)N(C)CCCC(=O)Nc2ccc3c(c2)nc2n3CCCCC2)cc1. The van der Waals surface area contributed by atoms with Gasteiger partial charge in [-0.25, -0.2) is 17.7 Å². The van der Waals surface area contributed by atoms with E-state index in [1.807, 2.05) is 18.2 Å². The van der Waals surface area contributed by atoms with Crippen molar-refractivity contribution in [1.82, 2.24) is 13.9 Å². The number of carbonyl (C=O) groups excluding carboxylic acids is 1. The Labute approximate surface area is 194 Å². The van der Waals surface area contributed by atoms with E-state index in [-0.39, 0.29) is 23.8 Å². The summed E-state index contributed by atoms with van der Waals surface area (Å²) in [5.74, 6) is 1.56. The summed E-state index contributed by atoms with van der Waals surface area (Å²) in [4.78, 5) is 17.4. The van der Waals surface area contributed by atoms with Gasteiger partial charge in [-0.3, -0.25) is 4.79 Å². The number of sulfonamides is 1. The predicted octanol–water partition coefficient (Wildman–Crippen LogP) is 3.81. The van der Waals surface area contributed by atoms with Crippen LogP contribution < -0.4 is 10.1 Å². The molecule has 1 aliphatic rings. The van der Waals surface area contributed by atoms with E-state index in [9.17, 15) is 13.2 Å². The fourth-order valence-electron chi connectivity index (χ4n) is 4.16. The first-order chi connectivity index (χ1) is 15.9. The van der Waals surface area contributed by atoms with Gasteiger partial charge in [0.25, 0.3) is 0 Å². The van der Waals surface area contributed by atoms with Gasteiger partial charge in [-0.1, -0.05) is 6.42 Å². The number of benzene rings is 2. The molecule has 0 atom stereocenters. The second kappa shape index (κ2) is 9.93. The van der Waals surface area contributed by atoms with Crippen molar-refractivity contribution in [2.45, 2.75) is 50.0 Å². The van der Waals surface area contributed by atoms with Crippen molar-refractivity contribution in [3.63, 3.8) is 0 Å². The van der Waals surface area contributed by atoms with Gasteiger partial charge in [0.15, 0.2) is 0 Å². The van der Waals surface area contributed by atoms with Crippen molar-refractivity contribution >= 4 is 32.7 Å². The number of aromatic nitrogens is 2. The number of rotatable bonds is 8. The summed E-state index contributed by atoms with van der Waals surface area (Å²) in [5, 5.41) is 2.91. The Hall–Kier alpha value is -2.91. The van der Waals surface area contributed by atoms with Crippen molar-refractivity contribution in [1.29, 1.82) is 0 Å². The van der Waals surface area contributed by atoms with E-state index in [2.05, 4.69) is 9.88 Å². The largest absolute Gasteiger partial charge is 0.497 e. The monoisotopic (exact) mass is 470 g/mol. The van der Waals surface area contributed by atoms with Crippen LogP contribution in [-0.4, -0.2) is 48.9 Å². The van der Waals surface area contributed by atoms with Crippen LogP contribution in [0.1, 0.15) is 37.9 Å². The molecule has 0 bridgehead atoms. The lowest BCUT2D eigenvalue weighted by atomic mass is 10.2. The van der Waals surface area contributed by atoms with Crippen molar-refractivity contribution in [2.75, 3.05) is 26.0 Å². The van der Waals surface area contributed by atoms with E-state index >= 15 is 0 Å². The zero-order chi connectivity index (χ0) is 23.4. The summed E-state index contributed by atoms with van der Waals surface area (Å²) in [6.45, 7) is 1.24. The highest BCUT2D eigenvalue weighted by Crippen LogP contribution is 2.25. The fraction of sp³-hybridized carbons (Fsp3) is 0.417. The number of hydrogen-bond acceptors (Lipinski definition) is 5. The molecular weight excluding hydrogens is 440 g/mol. The number of nitrogens with zero attached hydrogens (tertiary/aromatic N) is 3.